The Hall–Kier alpha value is -1.49. The largest absolute Gasteiger partial charge is 0.466 e. The van der Waals surface area contributed by atoms with Crippen molar-refractivity contribution in [3.8, 4) is 0 Å². The quantitative estimate of drug-likeness (QED) is 0.837. The molecule has 0 radical (unpaired) electrons. The minimum Gasteiger partial charge on any atom is -0.466 e. The fourth-order valence-electron chi connectivity index (χ4n) is 2.34. The zero-order valence-electron chi connectivity index (χ0n) is 10.1. The monoisotopic (exact) mass is 255 g/mol. The van der Waals surface area contributed by atoms with Gasteiger partial charge in [0, 0.05) is 24.6 Å². The summed E-state index contributed by atoms with van der Waals surface area (Å²) in [6.07, 6.45) is 0. The lowest BCUT2D eigenvalue weighted by Gasteiger charge is -2.18. The number of halogens is 2. The summed E-state index contributed by atoms with van der Waals surface area (Å²) in [5.74, 6) is -2.67. The van der Waals surface area contributed by atoms with Gasteiger partial charge < -0.3 is 10.1 Å². The molecule has 0 spiro atoms. The van der Waals surface area contributed by atoms with Crippen LogP contribution in [0.1, 0.15) is 18.4 Å². The second-order valence-corrected chi connectivity index (χ2v) is 4.26. The minimum absolute atomic E-state index is 0.0273. The van der Waals surface area contributed by atoms with Gasteiger partial charge in [-0.3, -0.25) is 4.79 Å². The van der Waals surface area contributed by atoms with E-state index in [2.05, 4.69) is 5.32 Å². The van der Waals surface area contributed by atoms with Crippen molar-refractivity contribution >= 4 is 5.97 Å². The smallest absolute Gasteiger partial charge is 0.310 e. The molecule has 0 bridgehead atoms. The first-order valence-corrected chi connectivity index (χ1v) is 5.96. The Labute approximate surface area is 104 Å². The van der Waals surface area contributed by atoms with E-state index in [1.807, 2.05) is 0 Å². The van der Waals surface area contributed by atoms with Gasteiger partial charge in [0.25, 0.3) is 0 Å². The lowest BCUT2D eigenvalue weighted by molar-refractivity contribution is -0.147. The van der Waals surface area contributed by atoms with E-state index in [4.69, 9.17) is 4.74 Å². The Balaban J connectivity index is 2.29. The number of carbonyl (C=O) groups excluding carboxylic acids is 1. The number of hydrogen-bond donors (Lipinski definition) is 1. The van der Waals surface area contributed by atoms with E-state index in [-0.39, 0.29) is 12.2 Å². The molecule has 0 aromatic heterocycles. The van der Waals surface area contributed by atoms with E-state index in [1.165, 1.54) is 18.2 Å². The second-order valence-electron chi connectivity index (χ2n) is 4.26. The van der Waals surface area contributed by atoms with Crippen LogP contribution in [0.4, 0.5) is 8.78 Å². The third kappa shape index (κ3) is 2.36. The van der Waals surface area contributed by atoms with Gasteiger partial charge in [-0.05, 0) is 19.1 Å². The fraction of sp³-hybridized carbons (Fsp3) is 0.462. The van der Waals surface area contributed by atoms with Crippen molar-refractivity contribution in [2.75, 3.05) is 19.7 Å². The lowest BCUT2D eigenvalue weighted by Crippen LogP contribution is -2.25. The molecule has 0 saturated carbocycles. The summed E-state index contributed by atoms with van der Waals surface area (Å²) in [5.41, 5.74) is -0.0273. The molecule has 0 aliphatic carbocycles. The molecule has 18 heavy (non-hydrogen) atoms. The van der Waals surface area contributed by atoms with E-state index in [9.17, 15) is 13.6 Å². The highest BCUT2D eigenvalue weighted by Crippen LogP contribution is 2.32. The van der Waals surface area contributed by atoms with Crippen LogP contribution in [0.25, 0.3) is 0 Å². The molecule has 1 fully saturated rings. The van der Waals surface area contributed by atoms with E-state index in [0.29, 0.717) is 13.1 Å². The van der Waals surface area contributed by atoms with Crippen molar-refractivity contribution in [2.45, 2.75) is 12.8 Å². The van der Waals surface area contributed by atoms with Crippen LogP contribution in [0, 0.1) is 17.6 Å². The molecule has 1 aliphatic rings. The summed E-state index contributed by atoms with van der Waals surface area (Å²) in [7, 11) is 0. The topological polar surface area (TPSA) is 38.3 Å². The molecule has 1 N–H and O–H groups in total. The first-order chi connectivity index (χ1) is 8.65. The summed E-state index contributed by atoms with van der Waals surface area (Å²) >= 11 is 0. The van der Waals surface area contributed by atoms with Crippen LogP contribution in [0.15, 0.2) is 18.2 Å². The lowest BCUT2D eigenvalue weighted by atomic mass is 9.88. The number of benzene rings is 1. The van der Waals surface area contributed by atoms with Gasteiger partial charge in [-0.15, -0.1) is 0 Å². The van der Waals surface area contributed by atoms with Crippen molar-refractivity contribution in [1.82, 2.24) is 5.32 Å². The van der Waals surface area contributed by atoms with Gasteiger partial charge in [0.1, 0.15) is 11.6 Å². The Kier molecular flexibility index (Phi) is 3.91. The number of hydrogen-bond acceptors (Lipinski definition) is 3. The van der Waals surface area contributed by atoms with Crippen LogP contribution < -0.4 is 5.32 Å². The summed E-state index contributed by atoms with van der Waals surface area (Å²) < 4.78 is 32.3. The van der Waals surface area contributed by atoms with Gasteiger partial charge in [0.15, 0.2) is 0 Å². The van der Waals surface area contributed by atoms with Crippen LogP contribution >= 0.6 is 0 Å². The van der Waals surface area contributed by atoms with Gasteiger partial charge in [0.05, 0.1) is 12.5 Å². The van der Waals surface area contributed by atoms with Gasteiger partial charge in [-0.2, -0.15) is 0 Å². The SMILES string of the molecule is CCOC(=O)C1CNCC1c1c(F)cccc1F. The summed E-state index contributed by atoms with van der Waals surface area (Å²) in [6, 6.07) is 3.73. The normalized spacial score (nSPS) is 23.1. The van der Waals surface area contributed by atoms with Gasteiger partial charge >= 0.3 is 5.97 Å². The Bertz CT molecular complexity index is 430. The van der Waals surface area contributed by atoms with Crippen LogP contribution in [0.3, 0.4) is 0 Å². The van der Waals surface area contributed by atoms with E-state index < -0.39 is 29.4 Å². The highest BCUT2D eigenvalue weighted by atomic mass is 19.1. The molecular formula is C13H15F2NO2. The summed E-state index contributed by atoms with van der Waals surface area (Å²) in [4.78, 5) is 11.7. The van der Waals surface area contributed by atoms with Crippen LogP contribution in [0.5, 0.6) is 0 Å². The third-order valence-electron chi connectivity index (χ3n) is 3.17. The van der Waals surface area contributed by atoms with Crippen molar-refractivity contribution in [2.24, 2.45) is 5.92 Å². The maximum absolute atomic E-state index is 13.7. The molecule has 1 heterocycles. The highest BCUT2D eigenvalue weighted by molar-refractivity contribution is 5.74. The maximum Gasteiger partial charge on any atom is 0.310 e. The Morgan fingerprint density at radius 1 is 1.39 bits per heavy atom. The zero-order valence-corrected chi connectivity index (χ0v) is 10.1. The Morgan fingerprint density at radius 3 is 2.67 bits per heavy atom. The molecule has 3 nitrogen and oxygen atoms in total. The number of ether oxygens (including phenoxy) is 1. The van der Waals surface area contributed by atoms with Crippen molar-refractivity contribution in [1.29, 1.82) is 0 Å². The number of nitrogens with one attached hydrogen (secondary N) is 1. The van der Waals surface area contributed by atoms with E-state index in [1.54, 1.807) is 6.92 Å². The highest BCUT2D eigenvalue weighted by Gasteiger charge is 2.37. The molecule has 2 atom stereocenters. The molecule has 2 unspecified atom stereocenters. The van der Waals surface area contributed by atoms with Crippen LogP contribution in [0.2, 0.25) is 0 Å². The average molecular weight is 255 g/mol. The molecule has 1 aliphatic heterocycles. The van der Waals surface area contributed by atoms with Crippen molar-refractivity contribution < 1.29 is 18.3 Å². The standard InChI is InChI=1S/C13H15F2NO2/c1-2-18-13(17)9-7-16-6-8(9)12-10(14)4-3-5-11(12)15/h3-5,8-9,16H,2,6-7H2,1H3. The fourth-order valence-corrected chi connectivity index (χ4v) is 2.34. The van der Waals surface area contributed by atoms with Crippen LogP contribution in [-0.4, -0.2) is 25.7 Å². The maximum atomic E-state index is 13.7. The van der Waals surface area contributed by atoms with Crippen molar-refractivity contribution in [3.63, 3.8) is 0 Å². The predicted molar refractivity (Wildman–Crippen MR) is 62.1 cm³/mol. The number of esters is 1. The van der Waals surface area contributed by atoms with Crippen molar-refractivity contribution in [3.05, 3.63) is 35.4 Å². The molecule has 1 aromatic rings. The summed E-state index contributed by atoms with van der Waals surface area (Å²) in [6.45, 7) is 2.74. The summed E-state index contributed by atoms with van der Waals surface area (Å²) in [5, 5.41) is 2.98. The molecule has 5 heteroatoms. The minimum atomic E-state index is -0.613. The molecular weight excluding hydrogens is 240 g/mol. The molecule has 0 amide bonds. The van der Waals surface area contributed by atoms with E-state index in [0.717, 1.165) is 0 Å². The number of rotatable bonds is 3. The second kappa shape index (κ2) is 5.44. The Morgan fingerprint density at radius 2 is 2.06 bits per heavy atom. The molecule has 1 aromatic carbocycles. The first kappa shape index (κ1) is 13.0. The molecule has 98 valence electrons. The van der Waals surface area contributed by atoms with Crippen LogP contribution in [-0.2, 0) is 9.53 Å². The first-order valence-electron chi connectivity index (χ1n) is 5.96. The average Bonchev–Trinajstić information content (AvgIpc) is 2.78. The zero-order chi connectivity index (χ0) is 13.1. The predicted octanol–water partition coefficient (Wildman–Crippen LogP) is 1.83. The number of carbonyl (C=O) groups is 1. The van der Waals surface area contributed by atoms with Gasteiger partial charge in [-0.1, -0.05) is 6.07 Å². The van der Waals surface area contributed by atoms with Gasteiger partial charge in [-0.25, -0.2) is 8.78 Å². The molecule has 1 saturated heterocycles. The van der Waals surface area contributed by atoms with E-state index >= 15 is 0 Å². The third-order valence-corrected chi connectivity index (χ3v) is 3.17. The molecule has 2 rings (SSSR count). The van der Waals surface area contributed by atoms with Gasteiger partial charge in [0.2, 0.25) is 0 Å².